The fourth-order valence-electron chi connectivity index (χ4n) is 3.14. The topological polar surface area (TPSA) is 147 Å². The molecule has 11 nitrogen and oxygen atoms in total. The molecule has 0 aliphatic heterocycles. The van der Waals surface area contributed by atoms with E-state index >= 15 is 0 Å². The zero-order valence-electron chi connectivity index (χ0n) is 17.7. The van der Waals surface area contributed by atoms with Gasteiger partial charge >= 0.3 is 0 Å². The molecule has 0 radical (unpaired) electrons. The fraction of sp³-hybridized carbons (Fsp3) is 0.333. The van der Waals surface area contributed by atoms with Crippen molar-refractivity contribution in [1.82, 2.24) is 30.0 Å². The maximum atomic E-state index is 13.2. The number of aliphatic hydroxyl groups excluding tert-OH is 1. The first-order valence-corrected chi connectivity index (χ1v) is 10.2. The van der Waals surface area contributed by atoms with Crippen LogP contribution in [0.5, 0.6) is 0 Å². The van der Waals surface area contributed by atoms with Crippen LogP contribution in [0.25, 0.3) is 0 Å². The number of carbonyl (C=O) groups is 2. The highest BCUT2D eigenvalue weighted by molar-refractivity contribution is 6.10. The third-order valence-electron chi connectivity index (χ3n) is 4.91. The molecule has 1 fully saturated rings. The summed E-state index contributed by atoms with van der Waals surface area (Å²) in [6.45, 7) is 1.45. The SMILES string of the molecule is CC(CO)NC(=O)c1nn(C)cc1NC(=O)c1nc(C2CC2)ccc1Nc1cncnc1. The molecule has 1 atom stereocenters. The molecule has 2 amide bonds. The second kappa shape index (κ2) is 9.10. The summed E-state index contributed by atoms with van der Waals surface area (Å²) in [5, 5.41) is 21.8. The Balaban J connectivity index is 1.62. The molecule has 0 saturated heterocycles. The second-order valence-electron chi connectivity index (χ2n) is 7.73. The monoisotopic (exact) mass is 436 g/mol. The predicted octanol–water partition coefficient (Wildman–Crippen LogP) is 1.59. The molecule has 3 heterocycles. The minimum absolute atomic E-state index is 0.0467. The van der Waals surface area contributed by atoms with Crippen molar-refractivity contribution in [1.29, 1.82) is 0 Å². The maximum Gasteiger partial charge on any atom is 0.276 e. The van der Waals surface area contributed by atoms with E-state index in [4.69, 9.17) is 0 Å². The highest BCUT2D eigenvalue weighted by atomic mass is 16.3. The average Bonchev–Trinajstić information content (AvgIpc) is 3.57. The van der Waals surface area contributed by atoms with E-state index in [1.54, 1.807) is 32.6 Å². The van der Waals surface area contributed by atoms with Crippen molar-refractivity contribution in [2.75, 3.05) is 17.2 Å². The van der Waals surface area contributed by atoms with Crippen LogP contribution in [0, 0.1) is 0 Å². The number of aromatic nitrogens is 5. The quantitative estimate of drug-likeness (QED) is 0.416. The summed E-state index contributed by atoms with van der Waals surface area (Å²) in [7, 11) is 1.65. The van der Waals surface area contributed by atoms with E-state index in [1.807, 2.05) is 12.1 Å². The van der Waals surface area contributed by atoms with Crippen LogP contribution in [0.2, 0.25) is 0 Å². The summed E-state index contributed by atoms with van der Waals surface area (Å²) in [5.41, 5.74) is 2.44. The molecular weight excluding hydrogens is 412 g/mol. The third-order valence-corrected chi connectivity index (χ3v) is 4.91. The Hall–Kier alpha value is -3.86. The van der Waals surface area contributed by atoms with E-state index in [9.17, 15) is 14.7 Å². The van der Waals surface area contributed by atoms with Crippen molar-refractivity contribution in [3.63, 3.8) is 0 Å². The van der Waals surface area contributed by atoms with Crippen LogP contribution in [-0.2, 0) is 7.05 Å². The predicted molar refractivity (Wildman–Crippen MR) is 117 cm³/mol. The zero-order chi connectivity index (χ0) is 22.7. The van der Waals surface area contributed by atoms with Crippen molar-refractivity contribution < 1.29 is 14.7 Å². The largest absolute Gasteiger partial charge is 0.394 e. The van der Waals surface area contributed by atoms with E-state index in [2.05, 4.69) is 36.0 Å². The van der Waals surface area contributed by atoms with E-state index in [0.29, 0.717) is 17.3 Å². The number of hydrogen-bond donors (Lipinski definition) is 4. The first-order chi connectivity index (χ1) is 15.4. The number of anilines is 3. The van der Waals surface area contributed by atoms with Gasteiger partial charge in [-0.1, -0.05) is 0 Å². The van der Waals surface area contributed by atoms with Crippen molar-refractivity contribution in [2.45, 2.75) is 31.7 Å². The van der Waals surface area contributed by atoms with Crippen LogP contribution in [0.1, 0.15) is 52.4 Å². The molecule has 0 bridgehead atoms. The molecule has 1 aliphatic carbocycles. The zero-order valence-corrected chi connectivity index (χ0v) is 17.7. The van der Waals surface area contributed by atoms with E-state index in [0.717, 1.165) is 18.5 Å². The molecule has 0 aromatic carbocycles. The Labute approximate surface area is 184 Å². The van der Waals surface area contributed by atoms with Crippen LogP contribution < -0.4 is 16.0 Å². The smallest absolute Gasteiger partial charge is 0.276 e. The van der Waals surface area contributed by atoms with Gasteiger partial charge < -0.3 is 21.1 Å². The number of hydrogen-bond acceptors (Lipinski definition) is 8. The van der Waals surface area contributed by atoms with Gasteiger partial charge in [-0.2, -0.15) is 5.10 Å². The van der Waals surface area contributed by atoms with Crippen molar-refractivity contribution in [3.05, 3.63) is 54.1 Å². The molecule has 3 aromatic heterocycles. The number of amides is 2. The number of rotatable bonds is 8. The summed E-state index contributed by atoms with van der Waals surface area (Å²) in [6.07, 6.45) is 8.23. The minimum Gasteiger partial charge on any atom is -0.394 e. The first-order valence-electron chi connectivity index (χ1n) is 10.2. The van der Waals surface area contributed by atoms with Crippen molar-refractivity contribution >= 4 is 28.9 Å². The molecule has 3 aromatic rings. The van der Waals surface area contributed by atoms with Crippen LogP contribution in [0.15, 0.2) is 37.1 Å². The molecule has 1 aliphatic rings. The molecule has 0 spiro atoms. The lowest BCUT2D eigenvalue weighted by Gasteiger charge is -2.13. The van der Waals surface area contributed by atoms with Gasteiger partial charge in [0.2, 0.25) is 0 Å². The van der Waals surface area contributed by atoms with Gasteiger partial charge in [0.15, 0.2) is 11.4 Å². The molecule has 11 heteroatoms. The van der Waals surface area contributed by atoms with Crippen LogP contribution in [0.3, 0.4) is 0 Å². The van der Waals surface area contributed by atoms with E-state index < -0.39 is 17.9 Å². The Morgan fingerprint density at radius 1 is 1.16 bits per heavy atom. The molecule has 166 valence electrons. The molecule has 1 saturated carbocycles. The van der Waals surface area contributed by atoms with Gasteiger partial charge in [0.25, 0.3) is 11.8 Å². The number of carbonyl (C=O) groups excluding carboxylic acids is 2. The van der Waals surface area contributed by atoms with Crippen LogP contribution in [-0.4, -0.2) is 54.3 Å². The fourth-order valence-corrected chi connectivity index (χ4v) is 3.14. The molecule has 32 heavy (non-hydrogen) atoms. The Morgan fingerprint density at radius 2 is 1.91 bits per heavy atom. The normalized spacial score (nSPS) is 14.0. The summed E-state index contributed by atoms with van der Waals surface area (Å²) >= 11 is 0. The molecule has 4 N–H and O–H groups in total. The first kappa shape index (κ1) is 21.4. The van der Waals surface area contributed by atoms with Crippen LogP contribution in [0.4, 0.5) is 17.1 Å². The average molecular weight is 436 g/mol. The van der Waals surface area contributed by atoms with Crippen LogP contribution >= 0.6 is 0 Å². The lowest BCUT2D eigenvalue weighted by atomic mass is 10.2. The van der Waals surface area contributed by atoms with Gasteiger partial charge in [0.1, 0.15) is 6.33 Å². The number of nitrogens with one attached hydrogen (secondary N) is 3. The summed E-state index contributed by atoms with van der Waals surface area (Å²) in [6, 6.07) is 3.26. The molecule has 1 unspecified atom stereocenters. The number of aliphatic hydroxyl groups is 1. The Bertz CT molecular complexity index is 1130. The number of nitrogens with zero attached hydrogens (tertiary/aromatic N) is 5. The second-order valence-corrected chi connectivity index (χ2v) is 7.73. The highest BCUT2D eigenvalue weighted by Crippen LogP contribution is 2.39. The summed E-state index contributed by atoms with van der Waals surface area (Å²) in [4.78, 5) is 38.3. The van der Waals surface area contributed by atoms with Crippen molar-refractivity contribution in [2.24, 2.45) is 7.05 Å². The standard InChI is InChI=1S/C21H24N8O3/c1-12(10-30)24-21(32)19-17(9-29(2)28-19)27-20(31)18-16(25-14-7-22-11-23-8-14)6-5-15(26-18)13-3-4-13/h5-9,11-13,25,30H,3-4,10H2,1-2H3,(H,24,32)(H,27,31). The van der Waals surface area contributed by atoms with Gasteiger partial charge in [-0.3, -0.25) is 14.3 Å². The Morgan fingerprint density at radius 3 is 2.59 bits per heavy atom. The lowest BCUT2D eigenvalue weighted by Crippen LogP contribution is -2.35. The lowest BCUT2D eigenvalue weighted by molar-refractivity contribution is 0.0917. The summed E-state index contributed by atoms with van der Waals surface area (Å²) in [5.74, 6) is -0.624. The van der Waals surface area contributed by atoms with Gasteiger partial charge in [-0.05, 0) is 31.9 Å². The molecular formula is C21H24N8O3. The number of pyridine rings is 1. The highest BCUT2D eigenvalue weighted by Gasteiger charge is 2.28. The minimum atomic E-state index is -0.498. The number of aryl methyl sites for hydroxylation is 1. The van der Waals surface area contributed by atoms with Gasteiger partial charge in [0.05, 0.1) is 36.1 Å². The van der Waals surface area contributed by atoms with E-state index in [1.165, 1.54) is 11.0 Å². The van der Waals surface area contributed by atoms with E-state index in [-0.39, 0.29) is 23.7 Å². The Kier molecular flexibility index (Phi) is 6.08. The maximum absolute atomic E-state index is 13.2. The van der Waals surface area contributed by atoms with Crippen molar-refractivity contribution in [3.8, 4) is 0 Å². The molecule has 4 rings (SSSR count). The van der Waals surface area contributed by atoms with Gasteiger partial charge in [-0.15, -0.1) is 0 Å². The summed E-state index contributed by atoms with van der Waals surface area (Å²) < 4.78 is 1.43. The van der Waals surface area contributed by atoms with Gasteiger partial charge in [-0.25, -0.2) is 15.0 Å². The van der Waals surface area contributed by atoms with Gasteiger partial charge in [0, 0.05) is 30.9 Å². The third kappa shape index (κ3) is 4.89.